The molecule has 9 saturated heterocycles. The predicted octanol–water partition coefficient (Wildman–Crippen LogP) is 11.9. The van der Waals surface area contributed by atoms with E-state index in [1.165, 1.54) is 0 Å². The number of rotatable bonds is 18. The summed E-state index contributed by atoms with van der Waals surface area (Å²) in [7, 11) is 0. The zero-order valence-electron chi connectivity index (χ0n) is 44.5. The van der Waals surface area contributed by atoms with E-state index in [1.54, 1.807) is 18.2 Å². The molecule has 9 fully saturated rings. The molecular weight excluding hydrogens is 973 g/mol. The predicted molar refractivity (Wildman–Crippen MR) is 305 cm³/mol. The van der Waals surface area contributed by atoms with Crippen molar-refractivity contribution in [1.82, 2.24) is 29.7 Å². The van der Waals surface area contributed by atoms with Gasteiger partial charge < -0.3 is 29.5 Å². The molecule has 3 aromatic heterocycles. The van der Waals surface area contributed by atoms with Gasteiger partial charge in [0.15, 0.2) is 0 Å². The van der Waals surface area contributed by atoms with Crippen LogP contribution in [0.1, 0.15) is 90.2 Å². The summed E-state index contributed by atoms with van der Waals surface area (Å²) in [4.78, 5) is 21.9. The molecule has 12 heteroatoms. The second-order valence-electron chi connectivity index (χ2n) is 23.4. The standard InChI is InChI=1S/C66H72N6O6/c1-4-43-34-70-22-16-46(43)28-61(70)64(52-13-19-67-58-10-7-49(73)31-55(52)58)76-37-40-25-41(38-77-65(62-29-47-17-23-71(62)35-44(47)5-2)53-14-20-68-59-11-8-50(74)32-56(53)59)27-42(26-40)39-78-66(63-30-48-18-24-72(63)36-45(48)6-3)54-15-21-69-60-12-9-51(75)33-57(54)60/h4-15,19-21,25-27,31-33,43-48,61-66,73-75H,1-3,16-18,22-24,28-30,34-39H2/t43-,44-,45-,46-,47-,48-,61+,62+,63+,64-,65-,66-/m0/s1. The number of fused-ring (bicyclic) bond motifs is 12. The molecule has 402 valence electrons. The number of phenols is 3. The molecule has 12 heterocycles. The summed E-state index contributed by atoms with van der Waals surface area (Å²) < 4.78 is 22.2. The highest BCUT2D eigenvalue weighted by atomic mass is 16.5. The second kappa shape index (κ2) is 21.6. The number of aromatic hydroxyl groups is 3. The SMILES string of the molecule is C=C[C@H]1CN2CC[C@H]1C[C@@H]2[C@@H](OCc1cc(CO[C@@H](c2ccnc3ccc(O)cc23)[C@H]2C[C@@H]3CCN2C[C@@H]3C=C)cc(CO[C@@H](c2ccnc3ccc(O)cc23)[C@H]2C[C@@H]3CCN2C[C@@H]3C=C)c1)c1ccnc2ccc(O)cc12. The van der Waals surface area contributed by atoms with Gasteiger partial charge in [-0.2, -0.15) is 0 Å². The molecule has 9 aliphatic rings. The van der Waals surface area contributed by atoms with Crippen LogP contribution in [0, 0.1) is 35.5 Å². The second-order valence-corrected chi connectivity index (χ2v) is 23.4. The molecule has 0 radical (unpaired) electrons. The Morgan fingerprint density at radius 3 is 1.03 bits per heavy atom. The number of benzene rings is 4. The van der Waals surface area contributed by atoms with Gasteiger partial charge in [0.25, 0.3) is 0 Å². The van der Waals surface area contributed by atoms with Crippen LogP contribution in [-0.2, 0) is 34.0 Å². The van der Waals surface area contributed by atoms with Gasteiger partial charge in [-0.05, 0) is 200 Å². The summed E-state index contributed by atoms with van der Waals surface area (Å²) in [5.41, 5.74) is 8.56. The summed E-state index contributed by atoms with van der Waals surface area (Å²) in [6, 6.07) is 29.6. The molecule has 0 aliphatic carbocycles. The molecule has 3 unspecified atom stereocenters. The lowest BCUT2D eigenvalue weighted by atomic mass is 9.73. The fraction of sp³-hybridized carbons (Fsp3) is 0.409. The van der Waals surface area contributed by atoms with Crippen molar-refractivity contribution in [2.75, 3.05) is 39.3 Å². The minimum absolute atomic E-state index is 0.121. The molecular formula is C66H72N6O6. The van der Waals surface area contributed by atoms with Crippen molar-refractivity contribution < 1.29 is 29.5 Å². The van der Waals surface area contributed by atoms with Crippen LogP contribution in [0.4, 0.5) is 0 Å². The van der Waals surface area contributed by atoms with Gasteiger partial charge >= 0.3 is 0 Å². The monoisotopic (exact) mass is 1040 g/mol. The Hall–Kier alpha value is -6.51. The van der Waals surface area contributed by atoms with E-state index in [-0.39, 0.29) is 53.7 Å². The summed E-state index contributed by atoms with van der Waals surface area (Å²) in [5.74, 6) is 3.51. The third-order valence-corrected chi connectivity index (χ3v) is 19.1. The first-order chi connectivity index (χ1) is 38.2. The topological polar surface area (TPSA) is 137 Å². The summed E-state index contributed by atoms with van der Waals surface area (Å²) in [5, 5.41) is 35.3. The molecule has 78 heavy (non-hydrogen) atoms. The summed E-state index contributed by atoms with van der Waals surface area (Å²) >= 11 is 0. The fourth-order valence-electron chi connectivity index (χ4n) is 15.2. The summed E-state index contributed by atoms with van der Waals surface area (Å²) in [6.45, 7) is 19.5. The Bertz CT molecular complexity index is 3020. The summed E-state index contributed by atoms with van der Waals surface area (Å²) in [6.07, 6.45) is 17.5. The van der Waals surface area contributed by atoms with Crippen LogP contribution in [0.2, 0.25) is 0 Å². The molecule has 0 saturated carbocycles. The Balaban J connectivity index is 0.877. The molecule has 16 rings (SSSR count). The first-order valence-electron chi connectivity index (χ1n) is 28.5. The largest absolute Gasteiger partial charge is 0.508 e. The van der Waals surface area contributed by atoms with Gasteiger partial charge in [-0.3, -0.25) is 29.7 Å². The Morgan fingerprint density at radius 2 is 0.756 bits per heavy atom. The minimum atomic E-state index is -0.308. The molecule has 9 aliphatic heterocycles. The lowest BCUT2D eigenvalue weighted by Gasteiger charge is -2.51. The van der Waals surface area contributed by atoms with Gasteiger partial charge in [-0.1, -0.05) is 36.4 Å². The number of hydrogen-bond acceptors (Lipinski definition) is 12. The van der Waals surface area contributed by atoms with E-state index in [4.69, 9.17) is 29.2 Å². The minimum Gasteiger partial charge on any atom is -0.508 e. The van der Waals surface area contributed by atoms with E-state index in [9.17, 15) is 15.3 Å². The van der Waals surface area contributed by atoms with Crippen LogP contribution in [0.3, 0.4) is 0 Å². The normalized spacial score (nSPS) is 29.4. The van der Waals surface area contributed by atoms with Gasteiger partial charge in [0.2, 0.25) is 0 Å². The maximum absolute atomic E-state index is 10.9. The highest BCUT2D eigenvalue weighted by molar-refractivity contribution is 5.85. The molecule has 0 spiro atoms. The number of pyridine rings is 3. The van der Waals surface area contributed by atoms with Crippen LogP contribution in [0.15, 0.2) is 148 Å². The molecule has 7 aromatic rings. The van der Waals surface area contributed by atoms with Crippen molar-refractivity contribution in [2.45, 2.75) is 94.8 Å². The number of piperidine rings is 9. The average Bonchev–Trinajstić information content (AvgIpc) is 3.54. The first-order valence-corrected chi connectivity index (χ1v) is 28.5. The fourth-order valence-corrected chi connectivity index (χ4v) is 15.2. The van der Waals surface area contributed by atoms with Crippen LogP contribution in [0.25, 0.3) is 32.7 Å². The van der Waals surface area contributed by atoms with E-state index in [1.807, 2.05) is 55.0 Å². The molecule has 12 nitrogen and oxygen atoms in total. The number of aromatic nitrogens is 3. The molecule has 0 amide bonds. The number of hydrogen-bond donors (Lipinski definition) is 3. The van der Waals surface area contributed by atoms with Crippen LogP contribution >= 0.6 is 0 Å². The maximum Gasteiger partial charge on any atom is 0.116 e. The van der Waals surface area contributed by atoms with Gasteiger partial charge in [0.05, 0.1) is 54.7 Å². The third-order valence-electron chi connectivity index (χ3n) is 19.1. The molecule has 15 atom stereocenters. The van der Waals surface area contributed by atoms with Crippen molar-refractivity contribution in [2.24, 2.45) is 35.5 Å². The molecule has 3 N–H and O–H groups in total. The third kappa shape index (κ3) is 9.79. The van der Waals surface area contributed by atoms with Gasteiger partial charge in [0, 0.05) is 72.5 Å². The van der Waals surface area contributed by atoms with Crippen LogP contribution in [0.5, 0.6) is 17.2 Å². The highest BCUT2D eigenvalue weighted by Gasteiger charge is 2.46. The van der Waals surface area contributed by atoms with Gasteiger partial charge in [-0.25, -0.2) is 0 Å². The van der Waals surface area contributed by atoms with E-state index in [0.717, 1.165) is 144 Å². The maximum atomic E-state index is 10.9. The zero-order valence-corrected chi connectivity index (χ0v) is 44.5. The van der Waals surface area contributed by atoms with Crippen molar-refractivity contribution in [3.05, 3.63) is 181 Å². The van der Waals surface area contributed by atoms with Crippen molar-refractivity contribution in [3.8, 4) is 17.2 Å². The zero-order chi connectivity index (χ0) is 53.0. The first kappa shape index (κ1) is 51.0. The molecule has 6 bridgehead atoms. The quantitative estimate of drug-likeness (QED) is 0.0706. The van der Waals surface area contributed by atoms with Gasteiger partial charge in [-0.15, -0.1) is 19.7 Å². The van der Waals surface area contributed by atoms with Crippen LogP contribution < -0.4 is 0 Å². The van der Waals surface area contributed by atoms with Crippen molar-refractivity contribution in [1.29, 1.82) is 0 Å². The smallest absolute Gasteiger partial charge is 0.116 e. The van der Waals surface area contributed by atoms with E-state index in [2.05, 4.69) is 89.1 Å². The number of nitrogens with zero attached hydrogens (tertiary/aromatic N) is 6. The molecule has 4 aromatic carbocycles. The number of phenolic OH excluding ortho intramolecular Hbond substituents is 3. The average molecular weight is 1050 g/mol. The van der Waals surface area contributed by atoms with E-state index in [0.29, 0.717) is 55.3 Å². The lowest BCUT2D eigenvalue weighted by molar-refractivity contribution is -0.0823. The highest BCUT2D eigenvalue weighted by Crippen LogP contribution is 2.48. The number of ether oxygens (including phenoxy) is 3. The lowest BCUT2D eigenvalue weighted by Crippen LogP contribution is -2.55. The Kier molecular flexibility index (Phi) is 14.1. The Morgan fingerprint density at radius 1 is 0.449 bits per heavy atom. The Labute approximate surface area is 457 Å². The van der Waals surface area contributed by atoms with Gasteiger partial charge in [0.1, 0.15) is 17.2 Å². The van der Waals surface area contributed by atoms with Crippen molar-refractivity contribution >= 4 is 32.7 Å². The van der Waals surface area contributed by atoms with E-state index >= 15 is 0 Å². The van der Waals surface area contributed by atoms with Crippen molar-refractivity contribution in [3.63, 3.8) is 0 Å². The van der Waals surface area contributed by atoms with Crippen LogP contribution in [-0.4, -0.2) is 102 Å². The van der Waals surface area contributed by atoms with E-state index < -0.39 is 0 Å².